The van der Waals surface area contributed by atoms with Gasteiger partial charge in [0.15, 0.2) is 5.70 Å². The van der Waals surface area contributed by atoms with Crippen LogP contribution in [0.25, 0.3) is 12.2 Å². The van der Waals surface area contributed by atoms with Gasteiger partial charge >= 0.3 is 5.97 Å². The van der Waals surface area contributed by atoms with Gasteiger partial charge in [-0.3, -0.25) is 4.98 Å². The van der Waals surface area contributed by atoms with Gasteiger partial charge in [0.05, 0.1) is 0 Å². The second kappa shape index (κ2) is 5.96. The van der Waals surface area contributed by atoms with E-state index in [0.29, 0.717) is 5.90 Å². The van der Waals surface area contributed by atoms with Gasteiger partial charge < -0.3 is 4.74 Å². The second-order valence-corrected chi connectivity index (χ2v) is 4.40. The molecule has 0 spiro atoms. The molecule has 0 fully saturated rings. The molecule has 1 aliphatic heterocycles. The fraction of sp³-hybridized carbons (Fsp3) is 0. The number of hydrogen-bond acceptors (Lipinski definition) is 4. The molecule has 0 unspecified atom stereocenters. The summed E-state index contributed by atoms with van der Waals surface area (Å²) in [7, 11) is 0. The number of aliphatic imine (C=N–C) groups is 1. The summed E-state index contributed by atoms with van der Waals surface area (Å²) in [5, 5.41) is 0. The summed E-state index contributed by atoms with van der Waals surface area (Å²) in [6, 6.07) is 13.4. The number of carbonyl (C=O) groups is 1. The van der Waals surface area contributed by atoms with E-state index >= 15 is 0 Å². The van der Waals surface area contributed by atoms with Crippen molar-refractivity contribution in [3.05, 3.63) is 77.8 Å². The molecule has 21 heavy (non-hydrogen) atoms. The van der Waals surface area contributed by atoms with Crippen LogP contribution < -0.4 is 0 Å². The van der Waals surface area contributed by atoms with E-state index in [1.807, 2.05) is 42.5 Å². The first-order valence-electron chi connectivity index (χ1n) is 6.47. The summed E-state index contributed by atoms with van der Waals surface area (Å²) in [6.07, 6.45) is 8.51. The van der Waals surface area contributed by atoms with Crippen molar-refractivity contribution in [1.29, 1.82) is 0 Å². The van der Waals surface area contributed by atoms with Crippen LogP contribution in [0.2, 0.25) is 0 Å². The lowest BCUT2D eigenvalue weighted by atomic mass is 10.2. The Balaban J connectivity index is 1.80. The summed E-state index contributed by atoms with van der Waals surface area (Å²) >= 11 is 0. The second-order valence-electron chi connectivity index (χ2n) is 4.40. The lowest BCUT2D eigenvalue weighted by molar-refractivity contribution is -0.129. The number of pyridine rings is 1. The highest BCUT2D eigenvalue weighted by molar-refractivity contribution is 6.11. The van der Waals surface area contributed by atoms with E-state index in [9.17, 15) is 4.79 Å². The van der Waals surface area contributed by atoms with Crippen molar-refractivity contribution in [2.45, 2.75) is 0 Å². The van der Waals surface area contributed by atoms with Crippen LogP contribution in [-0.4, -0.2) is 16.9 Å². The molecular formula is C17H12N2O2. The number of hydrogen-bond donors (Lipinski definition) is 0. The molecule has 2 heterocycles. The molecule has 1 aromatic heterocycles. The maximum atomic E-state index is 11.7. The molecule has 1 aromatic carbocycles. The van der Waals surface area contributed by atoms with Crippen LogP contribution in [-0.2, 0) is 9.53 Å². The molecule has 0 amide bonds. The first kappa shape index (κ1) is 13.0. The number of esters is 1. The molecule has 0 bridgehead atoms. The predicted octanol–water partition coefficient (Wildman–Crippen LogP) is 3.09. The Hall–Kier alpha value is -3.01. The standard InChI is InChI=1S/C17H12N2O2/c20-17-15(11-14-7-4-10-18-12-14)19-16(21-17)9-8-13-5-2-1-3-6-13/h1-12H/b9-8+,15-11+. The summed E-state index contributed by atoms with van der Waals surface area (Å²) in [6.45, 7) is 0. The van der Waals surface area contributed by atoms with Gasteiger partial charge in [-0.2, -0.15) is 0 Å². The largest absolute Gasteiger partial charge is 0.403 e. The number of ether oxygens (including phenoxy) is 1. The Morgan fingerprint density at radius 3 is 2.52 bits per heavy atom. The predicted molar refractivity (Wildman–Crippen MR) is 81.2 cm³/mol. The molecule has 4 heteroatoms. The molecule has 0 saturated heterocycles. The number of benzene rings is 1. The maximum absolute atomic E-state index is 11.7. The van der Waals surface area contributed by atoms with E-state index in [0.717, 1.165) is 11.1 Å². The minimum atomic E-state index is -0.452. The molecule has 3 rings (SSSR count). The minimum Gasteiger partial charge on any atom is -0.403 e. The van der Waals surface area contributed by atoms with Gasteiger partial charge in [0.2, 0.25) is 5.90 Å². The summed E-state index contributed by atoms with van der Waals surface area (Å²) in [4.78, 5) is 19.9. The third-order valence-corrected chi connectivity index (χ3v) is 2.84. The van der Waals surface area contributed by atoms with Crippen molar-refractivity contribution in [2.75, 3.05) is 0 Å². The first-order valence-corrected chi connectivity index (χ1v) is 6.47. The van der Waals surface area contributed by atoms with Crippen molar-refractivity contribution < 1.29 is 9.53 Å². The zero-order valence-corrected chi connectivity index (χ0v) is 11.1. The van der Waals surface area contributed by atoms with Gasteiger partial charge in [0.25, 0.3) is 0 Å². The van der Waals surface area contributed by atoms with Crippen LogP contribution in [0.15, 0.2) is 71.6 Å². The molecule has 0 atom stereocenters. The maximum Gasteiger partial charge on any atom is 0.363 e. The monoisotopic (exact) mass is 276 g/mol. The first-order chi connectivity index (χ1) is 10.3. The number of aromatic nitrogens is 1. The van der Waals surface area contributed by atoms with Gasteiger partial charge in [0, 0.05) is 18.5 Å². The van der Waals surface area contributed by atoms with E-state index in [1.165, 1.54) is 0 Å². The normalized spacial score (nSPS) is 16.3. The SMILES string of the molecule is O=C1OC(/C=C/c2ccccc2)=NC/1=C/c1cccnc1. The van der Waals surface area contributed by atoms with Gasteiger partial charge in [-0.1, -0.05) is 36.4 Å². The Labute approximate surface area is 122 Å². The molecule has 102 valence electrons. The van der Waals surface area contributed by atoms with Crippen LogP contribution in [0, 0.1) is 0 Å². The number of carbonyl (C=O) groups excluding carboxylic acids is 1. The Morgan fingerprint density at radius 1 is 0.952 bits per heavy atom. The molecule has 0 radical (unpaired) electrons. The fourth-order valence-corrected chi connectivity index (χ4v) is 1.85. The molecular weight excluding hydrogens is 264 g/mol. The van der Waals surface area contributed by atoms with Crippen LogP contribution in [0.3, 0.4) is 0 Å². The highest BCUT2D eigenvalue weighted by Gasteiger charge is 2.20. The van der Waals surface area contributed by atoms with Crippen molar-refractivity contribution in [1.82, 2.24) is 4.98 Å². The number of cyclic esters (lactones) is 1. The van der Waals surface area contributed by atoms with Gasteiger partial charge in [0.1, 0.15) is 0 Å². The fourth-order valence-electron chi connectivity index (χ4n) is 1.85. The van der Waals surface area contributed by atoms with Gasteiger partial charge in [-0.25, -0.2) is 9.79 Å². The third kappa shape index (κ3) is 3.30. The Bertz CT molecular complexity index is 732. The van der Waals surface area contributed by atoms with Crippen molar-refractivity contribution in [3.63, 3.8) is 0 Å². The Morgan fingerprint density at radius 2 is 1.76 bits per heavy atom. The molecule has 0 aliphatic carbocycles. The number of nitrogens with zero attached hydrogens (tertiary/aromatic N) is 2. The highest BCUT2D eigenvalue weighted by Crippen LogP contribution is 2.16. The average Bonchev–Trinajstić information content (AvgIpc) is 2.87. The third-order valence-electron chi connectivity index (χ3n) is 2.84. The average molecular weight is 276 g/mol. The summed E-state index contributed by atoms with van der Waals surface area (Å²) < 4.78 is 5.10. The van der Waals surface area contributed by atoms with Crippen molar-refractivity contribution in [3.8, 4) is 0 Å². The van der Waals surface area contributed by atoms with Crippen molar-refractivity contribution in [2.24, 2.45) is 4.99 Å². The molecule has 0 N–H and O–H groups in total. The van der Waals surface area contributed by atoms with E-state index in [1.54, 1.807) is 30.6 Å². The van der Waals surface area contributed by atoms with Crippen LogP contribution >= 0.6 is 0 Å². The van der Waals surface area contributed by atoms with Crippen LogP contribution in [0.1, 0.15) is 11.1 Å². The Kier molecular flexibility index (Phi) is 3.69. The zero-order valence-electron chi connectivity index (χ0n) is 11.1. The molecule has 4 nitrogen and oxygen atoms in total. The van der Waals surface area contributed by atoms with E-state index in [4.69, 9.17) is 4.74 Å². The summed E-state index contributed by atoms with van der Waals surface area (Å²) in [5.41, 5.74) is 2.10. The quantitative estimate of drug-likeness (QED) is 0.639. The highest BCUT2D eigenvalue weighted by atomic mass is 16.6. The minimum absolute atomic E-state index is 0.274. The van der Waals surface area contributed by atoms with E-state index < -0.39 is 5.97 Å². The lowest BCUT2D eigenvalue weighted by Gasteiger charge is -1.92. The van der Waals surface area contributed by atoms with E-state index in [2.05, 4.69) is 9.98 Å². The van der Waals surface area contributed by atoms with Gasteiger partial charge in [-0.15, -0.1) is 0 Å². The molecule has 1 aliphatic rings. The molecule has 2 aromatic rings. The van der Waals surface area contributed by atoms with Gasteiger partial charge in [-0.05, 0) is 29.3 Å². The molecule has 0 saturated carbocycles. The smallest absolute Gasteiger partial charge is 0.363 e. The van der Waals surface area contributed by atoms with Crippen LogP contribution in [0.4, 0.5) is 0 Å². The van der Waals surface area contributed by atoms with E-state index in [-0.39, 0.29) is 5.70 Å². The zero-order chi connectivity index (χ0) is 14.5. The van der Waals surface area contributed by atoms with Crippen LogP contribution in [0.5, 0.6) is 0 Å². The van der Waals surface area contributed by atoms with Crippen molar-refractivity contribution >= 4 is 24.0 Å². The topological polar surface area (TPSA) is 51.5 Å². The lowest BCUT2D eigenvalue weighted by Crippen LogP contribution is -2.01. The summed E-state index contributed by atoms with van der Waals surface area (Å²) in [5.74, 6) is -0.162. The number of rotatable bonds is 3.